The van der Waals surface area contributed by atoms with Crippen molar-refractivity contribution in [3.05, 3.63) is 21.8 Å². The van der Waals surface area contributed by atoms with Crippen LogP contribution in [0.5, 0.6) is 0 Å². The fraction of sp³-hybridized carbons (Fsp3) is 0.333. The third-order valence-electron chi connectivity index (χ3n) is 1.55. The number of esters is 1. The Bertz CT molecular complexity index is 385. The smallest absolute Gasteiger partial charge is 0.331 e. The fourth-order valence-corrected chi connectivity index (χ4v) is 1.19. The van der Waals surface area contributed by atoms with Gasteiger partial charge >= 0.3 is 5.97 Å². The second-order valence-electron chi connectivity index (χ2n) is 2.57. The minimum atomic E-state index is -1.04. The first-order valence-corrected chi connectivity index (χ1v) is 5.30. The van der Waals surface area contributed by atoms with Crippen LogP contribution in [0.15, 0.2) is 12.4 Å². The normalized spacial score (nSPS) is 11.5. The van der Waals surface area contributed by atoms with Crippen LogP contribution in [0.1, 0.15) is 18.7 Å². The van der Waals surface area contributed by atoms with Crippen molar-refractivity contribution < 1.29 is 9.53 Å². The number of ether oxygens (including phenoxy) is 1. The van der Waals surface area contributed by atoms with Crippen LogP contribution < -0.4 is 0 Å². The molecular weight excluding hydrogens is 309 g/mol. The molecule has 1 aromatic rings. The number of nitriles is 1. The maximum absolute atomic E-state index is 11.3. The van der Waals surface area contributed by atoms with E-state index in [1.54, 1.807) is 19.3 Å². The Balaban J connectivity index is 2.89. The van der Waals surface area contributed by atoms with Gasteiger partial charge in [0.05, 0.1) is 12.7 Å². The summed E-state index contributed by atoms with van der Waals surface area (Å²) in [5, 5.41) is 8.81. The van der Waals surface area contributed by atoms with Gasteiger partial charge in [0, 0.05) is 16.0 Å². The Morgan fingerprint density at radius 3 is 2.73 bits per heavy atom. The van der Waals surface area contributed by atoms with Gasteiger partial charge in [-0.3, -0.25) is 4.79 Å². The first-order valence-electron chi connectivity index (χ1n) is 4.22. The van der Waals surface area contributed by atoms with E-state index in [4.69, 9.17) is 10.00 Å². The molecule has 1 rings (SSSR count). The molecule has 0 saturated heterocycles. The summed E-state index contributed by atoms with van der Waals surface area (Å²) < 4.78 is 5.58. The van der Waals surface area contributed by atoms with Gasteiger partial charge in [0.1, 0.15) is 0 Å². The van der Waals surface area contributed by atoms with Crippen LogP contribution >= 0.6 is 22.6 Å². The van der Waals surface area contributed by atoms with E-state index in [2.05, 4.69) is 9.97 Å². The predicted molar refractivity (Wildman–Crippen MR) is 59.7 cm³/mol. The minimum Gasteiger partial charge on any atom is -0.465 e. The van der Waals surface area contributed by atoms with Crippen LogP contribution in [0.2, 0.25) is 0 Å². The highest BCUT2D eigenvalue weighted by Crippen LogP contribution is 2.12. The van der Waals surface area contributed by atoms with Gasteiger partial charge in [-0.15, -0.1) is 0 Å². The molecule has 0 radical (unpaired) electrons. The molecule has 1 aromatic heterocycles. The zero-order valence-corrected chi connectivity index (χ0v) is 10.1. The van der Waals surface area contributed by atoms with Gasteiger partial charge < -0.3 is 4.74 Å². The fourth-order valence-electron chi connectivity index (χ4n) is 0.913. The Kier molecular flexibility index (Phi) is 4.42. The summed E-state index contributed by atoms with van der Waals surface area (Å²) in [6, 6.07) is 1.82. The van der Waals surface area contributed by atoms with E-state index >= 15 is 0 Å². The molecule has 78 valence electrons. The Hall–Kier alpha value is -1.23. The van der Waals surface area contributed by atoms with Gasteiger partial charge in [-0.2, -0.15) is 5.26 Å². The second kappa shape index (κ2) is 5.60. The summed E-state index contributed by atoms with van der Waals surface area (Å²) in [4.78, 5) is 19.2. The maximum Gasteiger partial charge on any atom is 0.331 e. The number of carbonyl (C=O) groups is 1. The van der Waals surface area contributed by atoms with Crippen molar-refractivity contribution in [1.29, 1.82) is 5.26 Å². The maximum atomic E-state index is 11.3. The van der Waals surface area contributed by atoms with E-state index in [0.717, 1.165) is 3.57 Å². The van der Waals surface area contributed by atoms with Crippen LogP contribution in [-0.4, -0.2) is 22.5 Å². The molecule has 0 aliphatic rings. The monoisotopic (exact) mass is 317 g/mol. The number of carbonyl (C=O) groups excluding carboxylic acids is 1. The summed E-state index contributed by atoms with van der Waals surface area (Å²) in [5.74, 6) is -1.47. The molecule has 1 heterocycles. The lowest BCUT2D eigenvalue weighted by atomic mass is 10.1. The average Bonchev–Trinajstić information content (AvgIpc) is 2.22. The lowest BCUT2D eigenvalue weighted by Crippen LogP contribution is -2.16. The standard InChI is InChI=1S/C9H8IN3O2/c1-2-15-9(14)7(3-11)8-12-4-6(10)5-13-8/h4-5,7H,2H2,1H3. The van der Waals surface area contributed by atoms with Crippen molar-refractivity contribution in [3.63, 3.8) is 0 Å². The van der Waals surface area contributed by atoms with E-state index in [1.807, 2.05) is 28.7 Å². The zero-order chi connectivity index (χ0) is 11.3. The Morgan fingerprint density at radius 2 is 2.27 bits per heavy atom. The highest BCUT2D eigenvalue weighted by atomic mass is 127. The number of halogens is 1. The largest absolute Gasteiger partial charge is 0.465 e. The van der Waals surface area contributed by atoms with Crippen LogP contribution in [-0.2, 0) is 9.53 Å². The first-order chi connectivity index (χ1) is 7.19. The van der Waals surface area contributed by atoms with E-state index in [1.165, 1.54) is 0 Å². The highest BCUT2D eigenvalue weighted by molar-refractivity contribution is 14.1. The second-order valence-corrected chi connectivity index (χ2v) is 3.82. The van der Waals surface area contributed by atoms with E-state index in [-0.39, 0.29) is 12.4 Å². The average molecular weight is 317 g/mol. The molecule has 6 heteroatoms. The Labute approximate surface area is 101 Å². The predicted octanol–water partition coefficient (Wildman–Crippen LogP) is 1.25. The number of hydrogen-bond donors (Lipinski definition) is 0. The summed E-state index contributed by atoms with van der Waals surface area (Å²) >= 11 is 2.04. The first kappa shape index (κ1) is 11.8. The van der Waals surface area contributed by atoms with E-state index < -0.39 is 11.9 Å². The molecule has 0 N–H and O–H groups in total. The third kappa shape index (κ3) is 3.13. The van der Waals surface area contributed by atoms with Crippen molar-refractivity contribution in [2.45, 2.75) is 12.8 Å². The molecule has 0 aliphatic carbocycles. The molecule has 0 amide bonds. The van der Waals surface area contributed by atoms with Gasteiger partial charge in [0.15, 0.2) is 5.82 Å². The lowest BCUT2D eigenvalue weighted by molar-refractivity contribution is -0.143. The molecule has 0 fully saturated rings. The van der Waals surface area contributed by atoms with Crippen molar-refractivity contribution in [3.8, 4) is 6.07 Å². The molecule has 5 nitrogen and oxygen atoms in total. The van der Waals surface area contributed by atoms with Crippen LogP contribution in [0, 0.1) is 14.9 Å². The number of rotatable bonds is 3. The number of aromatic nitrogens is 2. The van der Waals surface area contributed by atoms with Gasteiger partial charge in [-0.1, -0.05) is 0 Å². The van der Waals surface area contributed by atoms with Crippen molar-refractivity contribution in [1.82, 2.24) is 9.97 Å². The summed E-state index contributed by atoms with van der Waals surface area (Å²) in [6.07, 6.45) is 3.10. The van der Waals surface area contributed by atoms with Gasteiger partial charge in [0.25, 0.3) is 0 Å². The zero-order valence-electron chi connectivity index (χ0n) is 7.98. The van der Waals surface area contributed by atoms with Crippen LogP contribution in [0.4, 0.5) is 0 Å². The van der Waals surface area contributed by atoms with Crippen molar-refractivity contribution >= 4 is 28.6 Å². The van der Waals surface area contributed by atoms with Crippen LogP contribution in [0.25, 0.3) is 0 Å². The van der Waals surface area contributed by atoms with E-state index in [9.17, 15) is 4.79 Å². The molecule has 0 aliphatic heterocycles. The van der Waals surface area contributed by atoms with E-state index in [0.29, 0.717) is 0 Å². The quantitative estimate of drug-likeness (QED) is 0.619. The molecule has 0 bridgehead atoms. The van der Waals surface area contributed by atoms with Gasteiger partial charge in [-0.05, 0) is 29.5 Å². The third-order valence-corrected chi connectivity index (χ3v) is 2.11. The molecule has 1 atom stereocenters. The molecule has 15 heavy (non-hydrogen) atoms. The topological polar surface area (TPSA) is 75.9 Å². The van der Waals surface area contributed by atoms with Gasteiger partial charge in [-0.25, -0.2) is 9.97 Å². The molecule has 0 aromatic carbocycles. The number of hydrogen-bond acceptors (Lipinski definition) is 5. The molecule has 0 spiro atoms. The minimum absolute atomic E-state index is 0.177. The SMILES string of the molecule is CCOC(=O)C(C#N)c1ncc(I)cn1. The molecule has 1 unspecified atom stereocenters. The van der Waals surface area contributed by atoms with Crippen molar-refractivity contribution in [2.75, 3.05) is 6.61 Å². The summed E-state index contributed by atoms with van der Waals surface area (Å²) in [5.41, 5.74) is 0. The van der Waals surface area contributed by atoms with Gasteiger partial charge in [0.2, 0.25) is 5.92 Å². The van der Waals surface area contributed by atoms with Crippen LogP contribution in [0.3, 0.4) is 0 Å². The molecule has 0 saturated carbocycles. The number of nitrogens with zero attached hydrogens (tertiary/aromatic N) is 3. The summed E-state index contributed by atoms with van der Waals surface area (Å²) in [7, 11) is 0. The Morgan fingerprint density at radius 1 is 1.67 bits per heavy atom. The summed E-state index contributed by atoms with van der Waals surface area (Å²) in [6.45, 7) is 1.92. The lowest BCUT2D eigenvalue weighted by Gasteiger charge is -2.06. The highest BCUT2D eigenvalue weighted by Gasteiger charge is 2.24. The van der Waals surface area contributed by atoms with Crippen molar-refractivity contribution in [2.24, 2.45) is 0 Å². The molecular formula is C9H8IN3O2.